The van der Waals surface area contributed by atoms with Gasteiger partial charge in [0.15, 0.2) is 11.5 Å². The van der Waals surface area contributed by atoms with Crippen LogP contribution >= 0.6 is 11.6 Å². The van der Waals surface area contributed by atoms with Crippen LogP contribution in [0.5, 0.6) is 17.2 Å². The van der Waals surface area contributed by atoms with Crippen molar-refractivity contribution in [2.75, 3.05) is 12.4 Å². The van der Waals surface area contributed by atoms with Gasteiger partial charge in [-0.15, -0.1) is 0 Å². The molecular formula is C28H24ClNO4. The molecule has 0 spiro atoms. The summed E-state index contributed by atoms with van der Waals surface area (Å²) in [6.45, 7) is 0.810. The summed E-state index contributed by atoms with van der Waals surface area (Å²) in [5.74, 6) is 1.30. The first-order valence-corrected chi connectivity index (χ1v) is 11.1. The number of methoxy groups -OCH3 is 1. The molecule has 0 saturated heterocycles. The van der Waals surface area contributed by atoms with Crippen molar-refractivity contribution in [2.45, 2.75) is 13.2 Å². The number of nitrogens with one attached hydrogen (secondary N) is 1. The molecule has 6 heteroatoms. The van der Waals surface area contributed by atoms with Crippen molar-refractivity contribution < 1.29 is 19.0 Å². The molecule has 1 amide bonds. The van der Waals surface area contributed by atoms with Gasteiger partial charge in [-0.3, -0.25) is 4.79 Å². The Labute approximate surface area is 203 Å². The maximum absolute atomic E-state index is 12.8. The molecule has 4 aromatic carbocycles. The summed E-state index contributed by atoms with van der Waals surface area (Å²) >= 11 is 6.37. The molecule has 0 unspecified atom stereocenters. The molecule has 34 heavy (non-hydrogen) atoms. The van der Waals surface area contributed by atoms with Crippen LogP contribution in [0.3, 0.4) is 0 Å². The zero-order chi connectivity index (χ0) is 23.8. The van der Waals surface area contributed by atoms with Crippen molar-refractivity contribution in [2.24, 2.45) is 0 Å². The Bertz CT molecular complexity index is 1250. The smallest absolute Gasteiger partial charge is 0.255 e. The zero-order valence-electron chi connectivity index (χ0n) is 18.7. The van der Waals surface area contributed by atoms with Crippen LogP contribution in [0.25, 0.3) is 0 Å². The second-order valence-electron chi connectivity index (χ2n) is 7.51. The van der Waals surface area contributed by atoms with Crippen LogP contribution in [-0.2, 0) is 13.2 Å². The average Bonchev–Trinajstić information content (AvgIpc) is 2.88. The van der Waals surface area contributed by atoms with Gasteiger partial charge in [-0.05, 0) is 47.5 Å². The summed E-state index contributed by atoms with van der Waals surface area (Å²) < 4.78 is 17.1. The van der Waals surface area contributed by atoms with Crippen molar-refractivity contribution in [1.82, 2.24) is 0 Å². The highest BCUT2D eigenvalue weighted by Crippen LogP contribution is 2.31. The van der Waals surface area contributed by atoms with Gasteiger partial charge in [-0.2, -0.15) is 0 Å². The molecule has 0 bridgehead atoms. The summed E-state index contributed by atoms with van der Waals surface area (Å²) in [4.78, 5) is 12.8. The Hall–Kier alpha value is -3.96. The number of anilines is 1. The number of carbonyl (C=O) groups excluding carboxylic acids is 1. The predicted octanol–water partition coefficient (Wildman–Crippen LogP) is 6.76. The Morgan fingerprint density at radius 3 is 1.91 bits per heavy atom. The lowest BCUT2D eigenvalue weighted by atomic mass is 10.1. The third-order valence-electron chi connectivity index (χ3n) is 5.09. The maximum atomic E-state index is 12.8. The van der Waals surface area contributed by atoms with Gasteiger partial charge in [0.25, 0.3) is 5.91 Å². The molecule has 172 valence electrons. The van der Waals surface area contributed by atoms with E-state index in [1.165, 1.54) is 0 Å². The molecule has 0 fully saturated rings. The highest BCUT2D eigenvalue weighted by molar-refractivity contribution is 6.32. The monoisotopic (exact) mass is 473 g/mol. The van der Waals surface area contributed by atoms with E-state index in [2.05, 4.69) is 5.32 Å². The molecule has 1 N–H and O–H groups in total. The average molecular weight is 474 g/mol. The lowest BCUT2D eigenvalue weighted by Gasteiger charge is -2.13. The van der Waals surface area contributed by atoms with Crippen molar-refractivity contribution in [3.63, 3.8) is 0 Å². The van der Waals surface area contributed by atoms with E-state index >= 15 is 0 Å². The molecule has 5 nitrogen and oxygen atoms in total. The largest absolute Gasteiger partial charge is 0.493 e. The number of halogens is 1. The molecule has 0 atom stereocenters. The lowest BCUT2D eigenvalue weighted by molar-refractivity contribution is 0.102. The molecule has 0 heterocycles. The maximum Gasteiger partial charge on any atom is 0.255 e. The summed E-state index contributed by atoms with van der Waals surface area (Å²) in [5, 5.41) is 3.27. The summed E-state index contributed by atoms with van der Waals surface area (Å²) in [5.41, 5.74) is 3.08. The van der Waals surface area contributed by atoms with Crippen LogP contribution in [-0.4, -0.2) is 13.0 Å². The number of amides is 1. The van der Waals surface area contributed by atoms with E-state index in [4.69, 9.17) is 25.8 Å². The molecule has 0 aliphatic heterocycles. The van der Waals surface area contributed by atoms with Gasteiger partial charge in [0.1, 0.15) is 19.0 Å². The fourth-order valence-corrected chi connectivity index (χ4v) is 3.53. The van der Waals surface area contributed by atoms with Crippen LogP contribution < -0.4 is 19.5 Å². The summed E-state index contributed by atoms with van der Waals surface area (Å²) in [6, 6.07) is 29.9. The van der Waals surface area contributed by atoms with Crippen molar-refractivity contribution >= 4 is 23.2 Å². The highest BCUT2D eigenvalue weighted by atomic mass is 35.5. The molecular weight excluding hydrogens is 450 g/mol. The van der Waals surface area contributed by atoms with Gasteiger partial charge in [-0.25, -0.2) is 0 Å². The second-order valence-corrected chi connectivity index (χ2v) is 7.92. The first-order valence-electron chi connectivity index (χ1n) is 10.7. The standard InChI is InChI=1S/C28H24ClNO4/c1-32-27-16-22(12-14-26(27)34-19-21-10-6-3-7-11-21)28(31)30-23-13-15-25(24(29)17-23)33-18-20-8-4-2-5-9-20/h2-17H,18-19H2,1H3,(H,30,31). The third-order valence-corrected chi connectivity index (χ3v) is 5.39. The molecule has 4 rings (SSSR count). The molecule has 0 saturated carbocycles. The van der Waals surface area contributed by atoms with Gasteiger partial charge in [0, 0.05) is 11.3 Å². The predicted molar refractivity (Wildman–Crippen MR) is 134 cm³/mol. The molecule has 0 aliphatic carbocycles. The Balaban J connectivity index is 1.39. The van der Waals surface area contributed by atoms with E-state index in [9.17, 15) is 4.79 Å². The quantitative estimate of drug-likeness (QED) is 0.292. The minimum Gasteiger partial charge on any atom is -0.493 e. The zero-order valence-corrected chi connectivity index (χ0v) is 19.4. The summed E-state index contributed by atoms with van der Waals surface area (Å²) in [6.07, 6.45) is 0. The second kappa shape index (κ2) is 11.3. The van der Waals surface area contributed by atoms with E-state index < -0.39 is 0 Å². The van der Waals surface area contributed by atoms with Gasteiger partial charge in [0.2, 0.25) is 0 Å². The number of carbonyl (C=O) groups is 1. The van der Waals surface area contributed by atoms with E-state index in [1.807, 2.05) is 60.7 Å². The van der Waals surface area contributed by atoms with Gasteiger partial charge in [0.05, 0.1) is 12.1 Å². The first-order chi connectivity index (χ1) is 16.6. The molecule has 0 radical (unpaired) electrons. The van der Waals surface area contributed by atoms with E-state index in [0.717, 1.165) is 11.1 Å². The van der Waals surface area contributed by atoms with Crippen LogP contribution in [0, 0.1) is 0 Å². The SMILES string of the molecule is COc1cc(C(=O)Nc2ccc(OCc3ccccc3)c(Cl)c2)ccc1OCc1ccccc1. The Morgan fingerprint density at radius 1 is 0.735 bits per heavy atom. The topological polar surface area (TPSA) is 56.8 Å². The number of rotatable bonds is 9. The number of hydrogen-bond donors (Lipinski definition) is 1. The highest BCUT2D eigenvalue weighted by Gasteiger charge is 2.13. The third kappa shape index (κ3) is 6.09. The van der Waals surface area contributed by atoms with Crippen molar-refractivity contribution in [1.29, 1.82) is 0 Å². The van der Waals surface area contributed by atoms with Gasteiger partial charge in [-0.1, -0.05) is 72.3 Å². The van der Waals surface area contributed by atoms with Crippen molar-refractivity contribution in [3.05, 3.63) is 119 Å². The molecule has 0 aromatic heterocycles. The van der Waals surface area contributed by atoms with E-state index in [0.29, 0.717) is 46.7 Å². The van der Waals surface area contributed by atoms with Gasteiger partial charge >= 0.3 is 0 Å². The molecule has 4 aromatic rings. The number of benzene rings is 4. The Kier molecular flexibility index (Phi) is 7.68. The molecule has 0 aliphatic rings. The normalized spacial score (nSPS) is 10.4. The van der Waals surface area contributed by atoms with E-state index in [-0.39, 0.29) is 5.91 Å². The number of ether oxygens (including phenoxy) is 3. The minimum absolute atomic E-state index is 0.290. The van der Waals surface area contributed by atoms with E-state index in [1.54, 1.807) is 43.5 Å². The minimum atomic E-state index is -0.290. The fraction of sp³-hybridized carbons (Fsp3) is 0.107. The number of hydrogen-bond acceptors (Lipinski definition) is 4. The lowest BCUT2D eigenvalue weighted by Crippen LogP contribution is -2.12. The summed E-state index contributed by atoms with van der Waals surface area (Å²) in [7, 11) is 1.54. The first kappa shape index (κ1) is 23.2. The fourth-order valence-electron chi connectivity index (χ4n) is 3.30. The van der Waals surface area contributed by atoms with Crippen LogP contribution in [0.2, 0.25) is 5.02 Å². The van der Waals surface area contributed by atoms with Crippen molar-refractivity contribution in [3.8, 4) is 17.2 Å². The van der Waals surface area contributed by atoms with Gasteiger partial charge < -0.3 is 19.5 Å². The Morgan fingerprint density at radius 2 is 1.32 bits per heavy atom. The van der Waals surface area contributed by atoms with Crippen LogP contribution in [0.15, 0.2) is 97.1 Å². The van der Waals surface area contributed by atoms with Crippen LogP contribution in [0.4, 0.5) is 5.69 Å². The van der Waals surface area contributed by atoms with Crippen LogP contribution in [0.1, 0.15) is 21.5 Å².